The SMILES string of the molecule is CC(CCCC(C)(C)CC(=O)c1ccccc1)C(=O)c1ccccc1. The largest absolute Gasteiger partial charge is 0.294 e. The molecule has 2 rings (SSSR count). The molecule has 0 bridgehead atoms. The topological polar surface area (TPSA) is 34.1 Å². The smallest absolute Gasteiger partial charge is 0.165 e. The van der Waals surface area contributed by atoms with E-state index in [1.807, 2.05) is 67.6 Å². The van der Waals surface area contributed by atoms with Crippen molar-refractivity contribution in [3.05, 3.63) is 71.8 Å². The first-order valence-corrected chi connectivity index (χ1v) is 9.06. The molecule has 0 aromatic heterocycles. The molecule has 0 radical (unpaired) electrons. The van der Waals surface area contributed by atoms with E-state index < -0.39 is 0 Å². The summed E-state index contributed by atoms with van der Waals surface area (Å²) in [4.78, 5) is 24.8. The number of Topliss-reactive ketones (excluding diaryl/α,β-unsaturated/α-hetero) is 2. The molecule has 0 aliphatic carbocycles. The van der Waals surface area contributed by atoms with Crippen molar-refractivity contribution in [1.82, 2.24) is 0 Å². The van der Waals surface area contributed by atoms with Crippen LogP contribution in [0.3, 0.4) is 0 Å². The van der Waals surface area contributed by atoms with E-state index in [4.69, 9.17) is 0 Å². The summed E-state index contributed by atoms with van der Waals surface area (Å²) in [5.74, 6) is 0.417. The van der Waals surface area contributed by atoms with E-state index in [1.54, 1.807) is 0 Å². The summed E-state index contributed by atoms with van der Waals surface area (Å²) < 4.78 is 0. The minimum atomic E-state index is -0.0531. The Labute approximate surface area is 151 Å². The van der Waals surface area contributed by atoms with Gasteiger partial charge in [0.1, 0.15) is 0 Å². The van der Waals surface area contributed by atoms with E-state index in [-0.39, 0.29) is 22.9 Å². The Hall–Kier alpha value is -2.22. The van der Waals surface area contributed by atoms with E-state index in [0.29, 0.717) is 6.42 Å². The highest BCUT2D eigenvalue weighted by Crippen LogP contribution is 2.30. The van der Waals surface area contributed by atoms with Gasteiger partial charge in [-0.05, 0) is 18.3 Å². The zero-order chi connectivity index (χ0) is 18.3. The van der Waals surface area contributed by atoms with Gasteiger partial charge < -0.3 is 0 Å². The summed E-state index contributed by atoms with van der Waals surface area (Å²) in [5.41, 5.74) is 1.51. The molecule has 2 heteroatoms. The molecule has 2 aromatic rings. The van der Waals surface area contributed by atoms with Gasteiger partial charge in [0.2, 0.25) is 0 Å². The summed E-state index contributed by atoms with van der Waals surface area (Å²) in [6.45, 7) is 6.27. The zero-order valence-corrected chi connectivity index (χ0v) is 15.5. The van der Waals surface area contributed by atoms with Crippen LogP contribution in [-0.2, 0) is 0 Å². The van der Waals surface area contributed by atoms with Crippen LogP contribution >= 0.6 is 0 Å². The summed E-state index contributed by atoms with van der Waals surface area (Å²) in [7, 11) is 0. The highest BCUT2D eigenvalue weighted by molar-refractivity contribution is 5.97. The van der Waals surface area contributed by atoms with Crippen molar-refractivity contribution in [2.24, 2.45) is 11.3 Å². The van der Waals surface area contributed by atoms with Crippen LogP contribution in [0.15, 0.2) is 60.7 Å². The third-order valence-electron chi connectivity index (χ3n) is 4.73. The van der Waals surface area contributed by atoms with Gasteiger partial charge in [-0.1, -0.05) is 87.9 Å². The Bertz CT molecular complexity index is 687. The summed E-state index contributed by atoms with van der Waals surface area (Å²) in [6, 6.07) is 19.0. The Morgan fingerprint density at radius 1 is 0.880 bits per heavy atom. The molecular weight excluding hydrogens is 308 g/mol. The zero-order valence-electron chi connectivity index (χ0n) is 15.5. The predicted molar refractivity (Wildman–Crippen MR) is 103 cm³/mol. The molecule has 0 heterocycles. The van der Waals surface area contributed by atoms with Crippen LogP contribution in [0.25, 0.3) is 0 Å². The third kappa shape index (κ3) is 5.97. The molecule has 132 valence electrons. The molecule has 0 amide bonds. The summed E-state index contributed by atoms with van der Waals surface area (Å²) in [6.07, 6.45) is 3.29. The van der Waals surface area contributed by atoms with Gasteiger partial charge in [0, 0.05) is 23.5 Å². The maximum Gasteiger partial charge on any atom is 0.165 e. The van der Waals surface area contributed by atoms with Crippen LogP contribution in [0.4, 0.5) is 0 Å². The molecule has 0 N–H and O–H groups in total. The second-order valence-electron chi connectivity index (χ2n) is 7.65. The van der Waals surface area contributed by atoms with Crippen LogP contribution in [0, 0.1) is 11.3 Å². The first kappa shape index (κ1) is 19.1. The lowest BCUT2D eigenvalue weighted by molar-refractivity contribution is 0.0896. The number of ketones is 2. The molecule has 0 fully saturated rings. The summed E-state index contributed by atoms with van der Waals surface area (Å²) in [5, 5.41) is 0. The fourth-order valence-electron chi connectivity index (χ4n) is 3.15. The lowest BCUT2D eigenvalue weighted by Crippen LogP contribution is -2.18. The molecule has 0 saturated heterocycles. The number of carbonyl (C=O) groups is 2. The van der Waals surface area contributed by atoms with Crippen LogP contribution in [0.5, 0.6) is 0 Å². The standard InChI is InChI=1S/C23H28O2/c1-18(22(25)20-14-8-5-9-15-20)11-10-16-23(2,3)17-21(24)19-12-6-4-7-13-19/h4-9,12-15,18H,10-11,16-17H2,1-3H3. The van der Waals surface area contributed by atoms with E-state index >= 15 is 0 Å². The van der Waals surface area contributed by atoms with Crippen molar-refractivity contribution in [1.29, 1.82) is 0 Å². The third-order valence-corrected chi connectivity index (χ3v) is 4.73. The van der Waals surface area contributed by atoms with Crippen LogP contribution in [0.2, 0.25) is 0 Å². The maximum absolute atomic E-state index is 12.4. The van der Waals surface area contributed by atoms with E-state index in [1.165, 1.54) is 0 Å². The molecule has 0 aliphatic rings. The lowest BCUT2D eigenvalue weighted by atomic mass is 9.80. The van der Waals surface area contributed by atoms with Crippen LogP contribution in [-0.4, -0.2) is 11.6 Å². The number of carbonyl (C=O) groups excluding carboxylic acids is 2. The van der Waals surface area contributed by atoms with Gasteiger partial charge in [-0.25, -0.2) is 0 Å². The van der Waals surface area contributed by atoms with Gasteiger partial charge >= 0.3 is 0 Å². The normalized spacial score (nSPS) is 12.6. The van der Waals surface area contributed by atoms with Gasteiger partial charge in [-0.2, -0.15) is 0 Å². The van der Waals surface area contributed by atoms with Crippen LogP contribution < -0.4 is 0 Å². The van der Waals surface area contributed by atoms with E-state index in [9.17, 15) is 9.59 Å². The number of rotatable bonds is 9. The molecule has 1 atom stereocenters. The predicted octanol–water partition coefficient (Wildman–Crippen LogP) is 5.97. The fourth-order valence-corrected chi connectivity index (χ4v) is 3.15. The molecule has 0 spiro atoms. The first-order chi connectivity index (χ1) is 11.9. The van der Waals surface area contributed by atoms with Crippen molar-refractivity contribution in [2.45, 2.75) is 46.5 Å². The van der Waals surface area contributed by atoms with Crippen molar-refractivity contribution < 1.29 is 9.59 Å². The molecule has 2 nitrogen and oxygen atoms in total. The minimum absolute atomic E-state index is 0.0167. The Balaban J connectivity index is 1.81. The number of benzene rings is 2. The van der Waals surface area contributed by atoms with Gasteiger partial charge in [-0.3, -0.25) is 9.59 Å². The monoisotopic (exact) mass is 336 g/mol. The Kier molecular flexibility index (Phi) is 6.69. The highest BCUT2D eigenvalue weighted by atomic mass is 16.1. The van der Waals surface area contributed by atoms with Crippen molar-refractivity contribution in [3.8, 4) is 0 Å². The summed E-state index contributed by atoms with van der Waals surface area (Å²) >= 11 is 0. The van der Waals surface area contributed by atoms with Crippen molar-refractivity contribution >= 4 is 11.6 Å². The van der Waals surface area contributed by atoms with Gasteiger partial charge in [0.05, 0.1) is 0 Å². The fraction of sp³-hybridized carbons (Fsp3) is 0.391. The molecular formula is C23H28O2. The average Bonchev–Trinajstić information content (AvgIpc) is 2.62. The van der Waals surface area contributed by atoms with Crippen LogP contribution in [0.1, 0.15) is 67.2 Å². The lowest BCUT2D eigenvalue weighted by Gasteiger charge is -2.24. The van der Waals surface area contributed by atoms with Gasteiger partial charge in [0.15, 0.2) is 11.6 Å². The van der Waals surface area contributed by atoms with Gasteiger partial charge in [0.25, 0.3) is 0 Å². The number of hydrogen-bond donors (Lipinski definition) is 0. The molecule has 0 aliphatic heterocycles. The first-order valence-electron chi connectivity index (χ1n) is 9.06. The second kappa shape index (κ2) is 8.75. The number of hydrogen-bond acceptors (Lipinski definition) is 2. The molecule has 0 saturated carbocycles. The second-order valence-corrected chi connectivity index (χ2v) is 7.65. The maximum atomic E-state index is 12.4. The van der Waals surface area contributed by atoms with E-state index in [0.717, 1.165) is 30.4 Å². The molecule has 25 heavy (non-hydrogen) atoms. The van der Waals surface area contributed by atoms with E-state index in [2.05, 4.69) is 13.8 Å². The van der Waals surface area contributed by atoms with Crippen molar-refractivity contribution in [3.63, 3.8) is 0 Å². The minimum Gasteiger partial charge on any atom is -0.294 e. The highest BCUT2D eigenvalue weighted by Gasteiger charge is 2.23. The molecule has 1 unspecified atom stereocenters. The quantitative estimate of drug-likeness (QED) is 0.528. The average molecular weight is 336 g/mol. The van der Waals surface area contributed by atoms with Crippen molar-refractivity contribution in [2.75, 3.05) is 0 Å². The van der Waals surface area contributed by atoms with Gasteiger partial charge in [-0.15, -0.1) is 0 Å². The Morgan fingerprint density at radius 3 is 1.96 bits per heavy atom. The molecule has 2 aromatic carbocycles. The Morgan fingerprint density at radius 2 is 1.40 bits per heavy atom.